The minimum atomic E-state index is -0.644. The van der Waals surface area contributed by atoms with Crippen molar-refractivity contribution < 1.29 is 23.8 Å². The topological polar surface area (TPSA) is 88.9 Å². The van der Waals surface area contributed by atoms with E-state index in [0.29, 0.717) is 23.6 Å². The molecule has 128 valence electrons. The standard InChI is InChI=1S/C17H20N2O5/c1-19(10-4-9-18)16(20)12-24-17(21)8-6-13-5-7-14(22-2)11-15(13)23-3/h5-8,11H,4,10,12H2,1-3H3/b8-6+. The molecule has 0 radical (unpaired) electrons. The summed E-state index contributed by atoms with van der Waals surface area (Å²) in [7, 11) is 4.61. The number of methoxy groups -OCH3 is 2. The summed E-state index contributed by atoms with van der Waals surface area (Å²) in [5.74, 6) is 0.173. The molecule has 0 aromatic heterocycles. The molecule has 0 spiro atoms. The van der Waals surface area contributed by atoms with Crippen LogP contribution in [0.4, 0.5) is 0 Å². The number of carbonyl (C=O) groups is 2. The second kappa shape index (κ2) is 9.90. The predicted molar refractivity (Wildman–Crippen MR) is 87.4 cm³/mol. The smallest absolute Gasteiger partial charge is 0.331 e. The number of rotatable bonds is 8. The lowest BCUT2D eigenvalue weighted by molar-refractivity contribution is -0.147. The van der Waals surface area contributed by atoms with Crippen LogP contribution < -0.4 is 9.47 Å². The van der Waals surface area contributed by atoms with Gasteiger partial charge in [0.2, 0.25) is 0 Å². The van der Waals surface area contributed by atoms with Crippen molar-refractivity contribution in [3.63, 3.8) is 0 Å². The first kappa shape index (κ1) is 19.0. The molecule has 1 aromatic rings. The van der Waals surface area contributed by atoms with Gasteiger partial charge in [-0.25, -0.2) is 4.79 Å². The summed E-state index contributed by atoms with van der Waals surface area (Å²) in [5.41, 5.74) is 0.674. The van der Waals surface area contributed by atoms with Crippen LogP contribution >= 0.6 is 0 Å². The van der Waals surface area contributed by atoms with Crippen LogP contribution in [0.15, 0.2) is 24.3 Å². The van der Waals surface area contributed by atoms with Crippen LogP contribution in [0.1, 0.15) is 12.0 Å². The largest absolute Gasteiger partial charge is 0.497 e. The Kier molecular flexibility index (Phi) is 7.85. The molecule has 24 heavy (non-hydrogen) atoms. The van der Waals surface area contributed by atoms with E-state index in [1.54, 1.807) is 32.4 Å². The van der Waals surface area contributed by atoms with Gasteiger partial charge in [0.05, 0.1) is 26.7 Å². The summed E-state index contributed by atoms with van der Waals surface area (Å²) in [5, 5.41) is 8.47. The molecule has 7 heteroatoms. The van der Waals surface area contributed by atoms with Crippen molar-refractivity contribution >= 4 is 18.0 Å². The fraction of sp³-hybridized carbons (Fsp3) is 0.353. The average Bonchev–Trinajstić information content (AvgIpc) is 2.61. The summed E-state index contributed by atoms with van der Waals surface area (Å²) in [6.07, 6.45) is 2.98. The molecular weight excluding hydrogens is 312 g/mol. The van der Waals surface area contributed by atoms with E-state index in [2.05, 4.69) is 0 Å². The third-order valence-corrected chi connectivity index (χ3v) is 3.16. The molecule has 0 unspecified atom stereocenters. The van der Waals surface area contributed by atoms with Crippen molar-refractivity contribution in [3.8, 4) is 17.6 Å². The molecule has 1 aromatic carbocycles. The van der Waals surface area contributed by atoms with Crippen molar-refractivity contribution in [2.45, 2.75) is 6.42 Å². The van der Waals surface area contributed by atoms with E-state index in [0.717, 1.165) is 0 Å². The molecule has 0 aliphatic rings. The lowest BCUT2D eigenvalue weighted by Gasteiger charge is -2.14. The van der Waals surface area contributed by atoms with Crippen molar-refractivity contribution in [2.75, 3.05) is 34.4 Å². The van der Waals surface area contributed by atoms with Gasteiger partial charge in [0.1, 0.15) is 11.5 Å². The molecule has 0 heterocycles. The van der Waals surface area contributed by atoms with Gasteiger partial charge in [0, 0.05) is 31.3 Å². The minimum Gasteiger partial charge on any atom is -0.497 e. The van der Waals surface area contributed by atoms with E-state index in [9.17, 15) is 9.59 Å². The molecule has 0 aliphatic carbocycles. The van der Waals surface area contributed by atoms with E-state index < -0.39 is 5.97 Å². The van der Waals surface area contributed by atoms with Gasteiger partial charge < -0.3 is 19.1 Å². The molecule has 0 aliphatic heterocycles. The maximum absolute atomic E-state index is 11.7. The summed E-state index contributed by atoms with van der Waals surface area (Å²) in [6.45, 7) is -0.0728. The second-order valence-corrected chi connectivity index (χ2v) is 4.77. The van der Waals surface area contributed by atoms with Crippen LogP contribution in [0.25, 0.3) is 6.08 Å². The summed E-state index contributed by atoms with van der Waals surface area (Å²) in [6, 6.07) is 7.11. The van der Waals surface area contributed by atoms with Gasteiger partial charge in [-0.3, -0.25) is 4.79 Å². The monoisotopic (exact) mass is 332 g/mol. The van der Waals surface area contributed by atoms with Crippen molar-refractivity contribution in [3.05, 3.63) is 29.8 Å². The Morgan fingerprint density at radius 3 is 2.67 bits per heavy atom. The molecule has 0 saturated heterocycles. The van der Waals surface area contributed by atoms with Gasteiger partial charge >= 0.3 is 5.97 Å². The maximum Gasteiger partial charge on any atom is 0.331 e. The SMILES string of the molecule is COc1ccc(/C=C/C(=O)OCC(=O)N(C)CCC#N)c(OC)c1. The molecule has 0 bridgehead atoms. The van der Waals surface area contributed by atoms with Crippen LogP contribution in [0.5, 0.6) is 11.5 Å². The molecule has 1 rings (SSSR count). The summed E-state index contributed by atoms with van der Waals surface area (Å²) < 4.78 is 15.2. The average molecular weight is 332 g/mol. The number of esters is 1. The van der Waals surface area contributed by atoms with Crippen molar-refractivity contribution in [1.29, 1.82) is 5.26 Å². The molecule has 1 amide bonds. The Balaban J connectivity index is 2.57. The Morgan fingerprint density at radius 1 is 1.29 bits per heavy atom. The lowest BCUT2D eigenvalue weighted by atomic mass is 10.2. The lowest BCUT2D eigenvalue weighted by Crippen LogP contribution is -2.31. The maximum atomic E-state index is 11.7. The number of hydrogen-bond donors (Lipinski definition) is 0. The van der Waals surface area contributed by atoms with Crippen molar-refractivity contribution in [1.82, 2.24) is 4.90 Å². The number of ether oxygens (including phenoxy) is 3. The van der Waals surface area contributed by atoms with Crippen LogP contribution in [-0.4, -0.2) is 51.2 Å². The number of likely N-dealkylation sites (N-methyl/N-ethyl adjacent to an activating group) is 1. The molecule has 0 fully saturated rings. The third-order valence-electron chi connectivity index (χ3n) is 3.16. The number of amides is 1. The normalized spacial score (nSPS) is 10.1. The highest BCUT2D eigenvalue weighted by atomic mass is 16.5. The first-order valence-electron chi connectivity index (χ1n) is 7.19. The number of nitrogens with zero attached hydrogens (tertiary/aromatic N) is 2. The molecule has 0 N–H and O–H groups in total. The van der Waals surface area contributed by atoms with Crippen LogP contribution in [0.2, 0.25) is 0 Å². The second-order valence-electron chi connectivity index (χ2n) is 4.77. The fourth-order valence-electron chi connectivity index (χ4n) is 1.75. The van der Waals surface area contributed by atoms with Gasteiger partial charge in [0.25, 0.3) is 5.91 Å². The fourth-order valence-corrected chi connectivity index (χ4v) is 1.75. The van der Waals surface area contributed by atoms with E-state index in [-0.39, 0.29) is 18.9 Å². The first-order chi connectivity index (χ1) is 11.5. The Bertz CT molecular complexity index is 649. The highest BCUT2D eigenvalue weighted by Gasteiger charge is 2.10. The van der Waals surface area contributed by atoms with E-state index in [1.165, 1.54) is 24.2 Å². The van der Waals surface area contributed by atoms with Gasteiger partial charge in [0.15, 0.2) is 6.61 Å². The van der Waals surface area contributed by atoms with Crippen LogP contribution in [0, 0.1) is 11.3 Å². The molecule has 0 atom stereocenters. The van der Waals surface area contributed by atoms with E-state index >= 15 is 0 Å². The predicted octanol–water partition coefficient (Wildman–Crippen LogP) is 1.63. The van der Waals surface area contributed by atoms with Gasteiger partial charge in [-0.1, -0.05) is 0 Å². The Labute approximate surface area is 141 Å². The number of hydrogen-bond acceptors (Lipinski definition) is 6. The third kappa shape index (κ3) is 6.01. The summed E-state index contributed by atoms with van der Waals surface area (Å²) >= 11 is 0. The molecular formula is C17H20N2O5. The minimum absolute atomic E-state index is 0.230. The van der Waals surface area contributed by atoms with Gasteiger partial charge in [-0.2, -0.15) is 5.26 Å². The van der Waals surface area contributed by atoms with E-state index in [4.69, 9.17) is 19.5 Å². The van der Waals surface area contributed by atoms with Gasteiger partial charge in [-0.15, -0.1) is 0 Å². The number of carbonyl (C=O) groups excluding carboxylic acids is 2. The zero-order valence-electron chi connectivity index (χ0n) is 13.9. The summed E-state index contributed by atoms with van der Waals surface area (Å²) in [4.78, 5) is 24.7. The molecule has 0 saturated carbocycles. The van der Waals surface area contributed by atoms with Crippen LogP contribution in [0.3, 0.4) is 0 Å². The van der Waals surface area contributed by atoms with Crippen LogP contribution in [-0.2, 0) is 14.3 Å². The van der Waals surface area contributed by atoms with Crippen molar-refractivity contribution in [2.24, 2.45) is 0 Å². The highest BCUT2D eigenvalue weighted by molar-refractivity contribution is 5.89. The Hall–Kier alpha value is -3.01. The van der Waals surface area contributed by atoms with Gasteiger partial charge in [-0.05, 0) is 18.2 Å². The number of nitriles is 1. The quantitative estimate of drug-likeness (QED) is 0.531. The first-order valence-corrected chi connectivity index (χ1v) is 7.19. The number of benzene rings is 1. The van der Waals surface area contributed by atoms with E-state index in [1.807, 2.05) is 6.07 Å². The Morgan fingerprint density at radius 2 is 2.04 bits per heavy atom. The highest BCUT2D eigenvalue weighted by Crippen LogP contribution is 2.25. The zero-order chi connectivity index (χ0) is 17.9. The zero-order valence-corrected chi connectivity index (χ0v) is 13.9. The molecule has 7 nitrogen and oxygen atoms in total.